The first kappa shape index (κ1) is 17.1. The summed E-state index contributed by atoms with van der Waals surface area (Å²) in [6.07, 6.45) is 1.65. The van der Waals surface area contributed by atoms with Crippen molar-refractivity contribution in [2.45, 2.75) is 39.7 Å². The van der Waals surface area contributed by atoms with Crippen LogP contribution in [0.4, 0.5) is 5.69 Å². The highest BCUT2D eigenvalue weighted by Crippen LogP contribution is 2.41. The lowest BCUT2D eigenvalue weighted by molar-refractivity contribution is -0.116. The molecule has 0 radical (unpaired) electrons. The molecule has 1 heterocycles. The predicted octanol–water partition coefficient (Wildman–Crippen LogP) is 1.85. The number of allylic oxidation sites excluding steroid dienone is 2. The quantitative estimate of drug-likeness (QED) is 0.827. The topological polar surface area (TPSA) is 75.4 Å². The molecule has 0 spiro atoms. The average molecular weight is 337 g/mol. The molecule has 1 aliphatic heterocycles. The molecule has 3 rings (SSSR count). The number of primary amides is 1. The Bertz CT molecular complexity index is 842. The summed E-state index contributed by atoms with van der Waals surface area (Å²) in [5.74, 6) is 4.54. The molecule has 130 valence electrons. The van der Waals surface area contributed by atoms with Crippen LogP contribution < -0.4 is 16.0 Å². The summed E-state index contributed by atoms with van der Waals surface area (Å²) in [6.45, 7) is 7.45. The van der Waals surface area contributed by atoms with Gasteiger partial charge >= 0.3 is 0 Å². The van der Waals surface area contributed by atoms with Gasteiger partial charge in [-0.2, -0.15) is 0 Å². The predicted molar refractivity (Wildman–Crippen MR) is 99.1 cm³/mol. The molecule has 0 bridgehead atoms. The van der Waals surface area contributed by atoms with Crippen LogP contribution in [0.25, 0.3) is 5.57 Å². The van der Waals surface area contributed by atoms with Crippen molar-refractivity contribution in [3.8, 4) is 11.8 Å². The van der Waals surface area contributed by atoms with Crippen molar-refractivity contribution in [1.29, 1.82) is 0 Å². The first-order valence-corrected chi connectivity index (χ1v) is 8.53. The number of fused-ring (bicyclic) bond motifs is 1. The van der Waals surface area contributed by atoms with Crippen LogP contribution in [0, 0.1) is 11.8 Å². The zero-order valence-corrected chi connectivity index (χ0v) is 14.9. The molecule has 1 saturated heterocycles. The van der Waals surface area contributed by atoms with Gasteiger partial charge in [0.2, 0.25) is 5.91 Å². The van der Waals surface area contributed by atoms with Gasteiger partial charge in [0.15, 0.2) is 0 Å². The third-order valence-electron chi connectivity index (χ3n) is 5.12. The van der Waals surface area contributed by atoms with E-state index in [0.29, 0.717) is 5.56 Å². The Labute approximate surface area is 148 Å². The summed E-state index contributed by atoms with van der Waals surface area (Å²) in [5, 5.41) is 2.96. The van der Waals surface area contributed by atoms with E-state index in [1.165, 1.54) is 11.1 Å². The maximum atomic E-state index is 11.8. The number of benzene rings is 1. The van der Waals surface area contributed by atoms with Gasteiger partial charge in [-0.3, -0.25) is 9.59 Å². The highest BCUT2D eigenvalue weighted by atomic mass is 16.1. The van der Waals surface area contributed by atoms with Gasteiger partial charge in [0.05, 0.1) is 0 Å². The average Bonchev–Trinajstić information content (AvgIpc) is 3.12. The fourth-order valence-electron chi connectivity index (χ4n) is 3.77. The minimum Gasteiger partial charge on any atom is -0.369 e. The first-order chi connectivity index (χ1) is 11.9. The molecule has 5 heteroatoms. The first-order valence-electron chi connectivity index (χ1n) is 8.53. The van der Waals surface area contributed by atoms with Crippen LogP contribution in [0.1, 0.15) is 48.7 Å². The summed E-state index contributed by atoms with van der Waals surface area (Å²) < 4.78 is 0. The Morgan fingerprint density at radius 1 is 1.32 bits per heavy atom. The molecule has 2 amide bonds. The number of anilines is 1. The molecule has 1 fully saturated rings. The lowest BCUT2D eigenvalue weighted by Crippen LogP contribution is -2.36. The Kier molecular flexibility index (Phi) is 4.54. The summed E-state index contributed by atoms with van der Waals surface area (Å²) in [5.41, 5.74) is 11.9. The van der Waals surface area contributed by atoms with Gasteiger partial charge in [0.25, 0.3) is 5.91 Å². The van der Waals surface area contributed by atoms with Gasteiger partial charge in [-0.15, -0.1) is 0 Å². The van der Waals surface area contributed by atoms with Crippen molar-refractivity contribution in [2.75, 3.05) is 18.0 Å². The van der Waals surface area contributed by atoms with Gasteiger partial charge in [-0.1, -0.05) is 11.5 Å². The molecule has 1 atom stereocenters. The molecule has 25 heavy (non-hydrogen) atoms. The molecule has 1 aromatic rings. The molecule has 0 unspecified atom stereocenters. The van der Waals surface area contributed by atoms with Crippen molar-refractivity contribution < 1.29 is 9.59 Å². The Morgan fingerprint density at radius 3 is 2.76 bits per heavy atom. The zero-order chi connectivity index (χ0) is 18.1. The number of hydrogen-bond donors (Lipinski definition) is 2. The smallest absolute Gasteiger partial charge is 0.296 e. The third kappa shape index (κ3) is 3.12. The van der Waals surface area contributed by atoms with Crippen molar-refractivity contribution in [3.05, 3.63) is 34.4 Å². The van der Waals surface area contributed by atoms with Crippen molar-refractivity contribution in [3.63, 3.8) is 0 Å². The standard InChI is InChI=1S/C20H23N3O2/c1-4-5-18(24)22-14-8-9-23(11-14)17-7-6-15(20(21)25)16-10-12(2)13(3)19(16)17/h6-7,14H,8-11H2,1-3H3,(H2,21,25)(H,22,24)/t14-/m1/s1. The van der Waals surface area contributed by atoms with E-state index in [9.17, 15) is 9.59 Å². The molecule has 1 aromatic carbocycles. The number of nitrogens with zero attached hydrogens (tertiary/aromatic N) is 1. The Hall–Kier alpha value is -2.74. The fourth-order valence-corrected chi connectivity index (χ4v) is 3.77. The number of nitrogens with one attached hydrogen (secondary N) is 1. The molecule has 2 aliphatic rings. The van der Waals surface area contributed by atoms with Crippen LogP contribution in [-0.2, 0) is 11.2 Å². The van der Waals surface area contributed by atoms with E-state index < -0.39 is 0 Å². The lowest BCUT2D eigenvalue weighted by atomic mass is 9.97. The van der Waals surface area contributed by atoms with Crippen LogP contribution in [0.15, 0.2) is 17.7 Å². The zero-order valence-electron chi connectivity index (χ0n) is 14.9. The fraction of sp³-hybridized carbons (Fsp3) is 0.400. The maximum absolute atomic E-state index is 11.8. The van der Waals surface area contributed by atoms with Gasteiger partial charge in [0.1, 0.15) is 0 Å². The normalized spacial score (nSPS) is 18.7. The van der Waals surface area contributed by atoms with E-state index in [4.69, 9.17) is 5.73 Å². The molecular weight excluding hydrogens is 314 g/mol. The third-order valence-corrected chi connectivity index (χ3v) is 5.12. The van der Waals surface area contributed by atoms with E-state index in [1.807, 2.05) is 12.1 Å². The van der Waals surface area contributed by atoms with Crippen LogP contribution >= 0.6 is 0 Å². The Morgan fingerprint density at radius 2 is 2.08 bits per heavy atom. The van der Waals surface area contributed by atoms with Gasteiger partial charge in [0, 0.05) is 35.9 Å². The van der Waals surface area contributed by atoms with Gasteiger partial charge in [-0.25, -0.2) is 0 Å². The number of carbonyl (C=O) groups excluding carboxylic acids is 2. The van der Waals surface area contributed by atoms with Gasteiger partial charge in [-0.05, 0) is 62.8 Å². The van der Waals surface area contributed by atoms with Crippen molar-refractivity contribution in [2.24, 2.45) is 5.73 Å². The summed E-state index contributed by atoms with van der Waals surface area (Å²) in [6, 6.07) is 3.90. The molecule has 5 nitrogen and oxygen atoms in total. The molecule has 3 N–H and O–H groups in total. The number of rotatable bonds is 3. The molecule has 1 aliphatic carbocycles. The van der Waals surface area contributed by atoms with E-state index in [1.54, 1.807) is 6.92 Å². The number of nitrogens with two attached hydrogens (primary N) is 1. The molecular formula is C20H23N3O2. The minimum absolute atomic E-state index is 0.0894. The largest absolute Gasteiger partial charge is 0.369 e. The van der Waals surface area contributed by atoms with E-state index in [2.05, 4.69) is 35.9 Å². The highest BCUT2D eigenvalue weighted by Gasteiger charge is 2.30. The molecule has 0 saturated carbocycles. The van der Waals surface area contributed by atoms with E-state index >= 15 is 0 Å². The van der Waals surface area contributed by atoms with E-state index in [-0.39, 0.29) is 17.9 Å². The lowest BCUT2D eigenvalue weighted by Gasteiger charge is -2.23. The number of hydrogen-bond acceptors (Lipinski definition) is 3. The second-order valence-electron chi connectivity index (χ2n) is 6.71. The molecule has 0 aromatic heterocycles. The number of amides is 2. The second-order valence-corrected chi connectivity index (χ2v) is 6.71. The van der Waals surface area contributed by atoms with Crippen LogP contribution in [0.2, 0.25) is 0 Å². The van der Waals surface area contributed by atoms with Crippen molar-refractivity contribution in [1.82, 2.24) is 5.32 Å². The van der Waals surface area contributed by atoms with Crippen LogP contribution in [0.5, 0.6) is 0 Å². The van der Waals surface area contributed by atoms with Crippen molar-refractivity contribution >= 4 is 23.1 Å². The SMILES string of the molecule is CC#CC(=O)N[C@@H]1CCN(c2ccc(C(N)=O)c3c2C(C)=C(C)C3)C1. The minimum atomic E-state index is -0.380. The van der Waals surface area contributed by atoms with Crippen LogP contribution in [-0.4, -0.2) is 30.9 Å². The Balaban J connectivity index is 1.89. The monoisotopic (exact) mass is 337 g/mol. The maximum Gasteiger partial charge on any atom is 0.296 e. The van der Waals surface area contributed by atoms with Crippen LogP contribution in [0.3, 0.4) is 0 Å². The summed E-state index contributed by atoms with van der Waals surface area (Å²) >= 11 is 0. The van der Waals surface area contributed by atoms with Gasteiger partial charge < -0.3 is 16.0 Å². The summed E-state index contributed by atoms with van der Waals surface area (Å²) in [4.78, 5) is 25.7. The highest BCUT2D eigenvalue weighted by molar-refractivity contribution is 5.99. The summed E-state index contributed by atoms with van der Waals surface area (Å²) in [7, 11) is 0. The number of carbonyl (C=O) groups is 2. The second kappa shape index (κ2) is 6.64. The van der Waals surface area contributed by atoms with E-state index in [0.717, 1.165) is 42.7 Å².